The monoisotopic (exact) mass is 452 g/mol. The number of ether oxygens (including phenoxy) is 1. The van der Waals surface area contributed by atoms with Crippen LogP contribution in [0.5, 0.6) is 0 Å². The van der Waals surface area contributed by atoms with Crippen LogP contribution < -0.4 is 5.32 Å². The molecule has 1 aromatic carbocycles. The Morgan fingerprint density at radius 2 is 2.00 bits per heavy atom. The number of esters is 1. The van der Waals surface area contributed by atoms with E-state index < -0.39 is 0 Å². The molecule has 4 aromatic rings. The van der Waals surface area contributed by atoms with Crippen LogP contribution in [0, 0.1) is 0 Å². The van der Waals surface area contributed by atoms with Gasteiger partial charge in [0, 0.05) is 28.4 Å². The zero-order valence-electron chi connectivity index (χ0n) is 17.4. The molecule has 0 aliphatic heterocycles. The maximum atomic E-state index is 12.6. The van der Waals surface area contributed by atoms with Crippen molar-refractivity contribution in [3.8, 4) is 16.4 Å². The molecular formula is C23H24N4O2S2. The Labute approximate surface area is 189 Å². The van der Waals surface area contributed by atoms with Gasteiger partial charge in [0.15, 0.2) is 0 Å². The quantitative estimate of drug-likeness (QED) is 0.341. The fraction of sp³-hybridized carbons (Fsp3) is 0.261. The molecule has 0 amide bonds. The molecule has 3 aromatic heterocycles. The lowest BCUT2D eigenvalue weighted by Gasteiger charge is -2.16. The van der Waals surface area contributed by atoms with Crippen molar-refractivity contribution < 1.29 is 9.53 Å². The molecule has 0 aliphatic rings. The molecule has 0 fully saturated rings. The summed E-state index contributed by atoms with van der Waals surface area (Å²) >= 11 is 3.23. The molecule has 0 bridgehead atoms. The third kappa shape index (κ3) is 4.76. The maximum Gasteiger partial charge on any atom is 0.341 e. The van der Waals surface area contributed by atoms with Gasteiger partial charge in [-0.2, -0.15) is 5.10 Å². The largest absolute Gasteiger partial charge is 0.462 e. The molecule has 31 heavy (non-hydrogen) atoms. The molecule has 1 N–H and O–H groups in total. The Morgan fingerprint density at radius 1 is 1.16 bits per heavy atom. The van der Waals surface area contributed by atoms with Crippen LogP contribution >= 0.6 is 22.7 Å². The number of rotatable bonds is 9. The smallest absolute Gasteiger partial charge is 0.341 e. The van der Waals surface area contributed by atoms with Crippen molar-refractivity contribution >= 4 is 28.6 Å². The van der Waals surface area contributed by atoms with Gasteiger partial charge in [-0.3, -0.25) is 0 Å². The van der Waals surface area contributed by atoms with Crippen molar-refractivity contribution in [2.75, 3.05) is 6.61 Å². The minimum absolute atomic E-state index is 0.203. The van der Waals surface area contributed by atoms with Gasteiger partial charge in [-0.25, -0.2) is 14.5 Å². The van der Waals surface area contributed by atoms with E-state index in [1.54, 1.807) is 29.1 Å². The number of carbonyl (C=O) groups excluding carboxylic acids is 1. The summed E-state index contributed by atoms with van der Waals surface area (Å²) < 4.78 is 7.01. The lowest BCUT2D eigenvalue weighted by molar-refractivity contribution is 0.0524. The second kappa shape index (κ2) is 10.00. The first-order chi connectivity index (χ1) is 15.2. The SMILES string of the molecule is CCOC(=O)c1cnn(-c2nc(-c3ccccc3)cs2)c1CN[C@H](CC)c1cccs1. The lowest BCUT2D eigenvalue weighted by Crippen LogP contribution is -2.23. The molecular weight excluding hydrogens is 428 g/mol. The van der Waals surface area contributed by atoms with Crippen LogP contribution in [0.2, 0.25) is 0 Å². The first-order valence-corrected chi connectivity index (χ1v) is 12.0. The summed E-state index contributed by atoms with van der Waals surface area (Å²) in [5, 5.41) is 12.9. The average Bonchev–Trinajstić information content (AvgIpc) is 3.55. The number of aromatic nitrogens is 3. The lowest BCUT2D eigenvalue weighted by atomic mass is 10.1. The van der Waals surface area contributed by atoms with E-state index in [9.17, 15) is 4.79 Å². The van der Waals surface area contributed by atoms with Gasteiger partial charge < -0.3 is 10.1 Å². The third-order valence-corrected chi connectivity index (χ3v) is 6.72. The molecule has 0 spiro atoms. The summed E-state index contributed by atoms with van der Waals surface area (Å²) in [6, 6.07) is 14.4. The van der Waals surface area contributed by atoms with Gasteiger partial charge >= 0.3 is 5.97 Å². The maximum absolute atomic E-state index is 12.6. The number of nitrogens with one attached hydrogen (secondary N) is 1. The van der Waals surface area contributed by atoms with Crippen molar-refractivity contribution in [2.45, 2.75) is 32.9 Å². The van der Waals surface area contributed by atoms with Crippen LogP contribution in [-0.4, -0.2) is 27.3 Å². The third-order valence-electron chi connectivity index (χ3n) is 4.92. The minimum Gasteiger partial charge on any atom is -0.462 e. The van der Waals surface area contributed by atoms with Crippen LogP contribution in [0.3, 0.4) is 0 Å². The Hall–Kier alpha value is -2.81. The molecule has 0 aliphatic carbocycles. The van der Waals surface area contributed by atoms with E-state index in [4.69, 9.17) is 9.72 Å². The highest BCUT2D eigenvalue weighted by atomic mass is 32.1. The summed E-state index contributed by atoms with van der Waals surface area (Å²) in [5.74, 6) is -0.366. The minimum atomic E-state index is -0.366. The molecule has 0 saturated carbocycles. The number of thiazole rings is 1. The first kappa shape index (κ1) is 21.4. The molecule has 1 atom stereocenters. The normalized spacial score (nSPS) is 12.1. The van der Waals surface area contributed by atoms with Gasteiger partial charge in [-0.05, 0) is 24.8 Å². The standard InChI is InChI=1S/C23H24N4O2S2/c1-3-18(21-11-8-12-30-21)24-14-20-17(22(28)29-4-2)13-25-27(20)23-26-19(15-31-23)16-9-6-5-7-10-16/h5-13,15,18,24H,3-4,14H2,1-2H3/t18-/m1/s1. The van der Waals surface area contributed by atoms with Crippen LogP contribution in [0.15, 0.2) is 59.4 Å². The Kier molecular flexibility index (Phi) is 6.91. The summed E-state index contributed by atoms with van der Waals surface area (Å²) in [4.78, 5) is 18.6. The van der Waals surface area contributed by atoms with Gasteiger partial charge in [-0.15, -0.1) is 22.7 Å². The fourth-order valence-electron chi connectivity index (χ4n) is 3.35. The van der Waals surface area contributed by atoms with Crippen molar-refractivity contribution in [3.05, 3.63) is 75.6 Å². The molecule has 4 rings (SSSR count). The number of nitrogens with zero attached hydrogens (tertiary/aromatic N) is 3. The summed E-state index contributed by atoms with van der Waals surface area (Å²) in [7, 11) is 0. The molecule has 0 unspecified atom stereocenters. The summed E-state index contributed by atoms with van der Waals surface area (Å²) in [6.07, 6.45) is 2.52. The Morgan fingerprint density at radius 3 is 2.71 bits per heavy atom. The van der Waals surface area contributed by atoms with Gasteiger partial charge in [0.05, 0.1) is 24.2 Å². The summed E-state index contributed by atoms with van der Waals surface area (Å²) in [6.45, 7) is 4.74. The van der Waals surface area contributed by atoms with Crippen molar-refractivity contribution in [3.63, 3.8) is 0 Å². The number of thiophene rings is 1. The average molecular weight is 453 g/mol. The number of carbonyl (C=O) groups is 1. The molecule has 0 saturated heterocycles. The van der Waals surface area contributed by atoms with Crippen LogP contribution in [0.1, 0.15) is 47.2 Å². The van der Waals surface area contributed by atoms with Crippen LogP contribution in [-0.2, 0) is 11.3 Å². The highest BCUT2D eigenvalue weighted by Gasteiger charge is 2.22. The van der Waals surface area contributed by atoms with Gasteiger partial charge in [0.1, 0.15) is 5.56 Å². The molecule has 0 radical (unpaired) electrons. The van der Waals surface area contributed by atoms with E-state index in [2.05, 4.69) is 34.9 Å². The van der Waals surface area contributed by atoms with E-state index in [1.165, 1.54) is 16.2 Å². The highest BCUT2D eigenvalue weighted by Crippen LogP contribution is 2.27. The first-order valence-electron chi connectivity index (χ1n) is 10.2. The Balaban J connectivity index is 1.65. The van der Waals surface area contributed by atoms with Crippen molar-refractivity contribution in [2.24, 2.45) is 0 Å². The van der Waals surface area contributed by atoms with E-state index in [0.717, 1.165) is 28.5 Å². The van der Waals surface area contributed by atoms with E-state index in [-0.39, 0.29) is 12.0 Å². The van der Waals surface area contributed by atoms with E-state index in [0.29, 0.717) is 18.7 Å². The second-order valence-corrected chi connectivity index (χ2v) is 8.69. The topological polar surface area (TPSA) is 69.0 Å². The van der Waals surface area contributed by atoms with Crippen molar-refractivity contribution in [1.29, 1.82) is 0 Å². The van der Waals surface area contributed by atoms with Gasteiger partial charge in [0.25, 0.3) is 0 Å². The number of hydrogen-bond acceptors (Lipinski definition) is 7. The van der Waals surface area contributed by atoms with E-state index >= 15 is 0 Å². The fourth-order valence-corrected chi connectivity index (χ4v) is 5.05. The van der Waals surface area contributed by atoms with Crippen LogP contribution in [0.25, 0.3) is 16.4 Å². The summed E-state index contributed by atoms with van der Waals surface area (Å²) in [5.41, 5.74) is 3.15. The molecule has 6 nitrogen and oxygen atoms in total. The highest BCUT2D eigenvalue weighted by molar-refractivity contribution is 7.12. The predicted molar refractivity (Wildman–Crippen MR) is 125 cm³/mol. The molecule has 3 heterocycles. The number of benzene rings is 1. The van der Waals surface area contributed by atoms with Crippen molar-refractivity contribution in [1.82, 2.24) is 20.1 Å². The van der Waals surface area contributed by atoms with Gasteiger partial charge in [-0.1, -0.05) is 43.3 Å². The Bertz CT molecular complexity index is 1120. The molecule has 160 valence electrons. The van der Waals surface area contributed by atoms with E-state index in [1.807, 2.05) is 35.7 Å². The zero-order valence-corrected chi connectivity index (χ0v) is 19.1. The van der Waals surface area contributed by atoms with Gasteiger partial charge in [0.2, 0.25) is 5.13 Å². The van der Waals surface area contributed by atoms with Crippen LogP contribution in [0.4, 0.5) is 0 Å². The predicted octanol–water partition coefficient (Wildman–Crippen LogP) is 5.47. The molecule has 8 heteroatoms. The number of hydrogen-bond donors (Lipinski definition) is 1. The zero-order chi connectivity index (χ0) is 21.6. The second-order valence-electron chi connectivity index (χ2n) is 6.88.